The van der Waals surface area contributed by atoms with Gasteiger partial charge in [0.05, 0.1) is 19.3 Å². The Kier molecular flexibility index (Phi) is 5.13. The van der Waals surface area contributed by atoms with Crippen LogP contribution in [0.1, 0.15) is 11.6 Å². The molecule has 0 spiro atoms. The highest BCUT2D eigenvalue weighted by molar-refractivity contribution is 5.46. The van der Waals surface area contributed by atoms with Gasteiger partial charge >= 0.3 is 0 Å². The summed E-state index contributed by atoms with van der Waals surface area (Å²) < 4.78 is 20.7. The monoisotopic (exact) mass is 368 g/mol. The predicted molar refractivity (Wildman–Crippen MR) is 101 cm³/mol. The zero-order valence-corrected chi connectivity index (χ0v) is 14.8. The molecule has 2 aromatic heterocycles. The van der Waals surface area contributed by atoms with Gasteiger partial charge in [0, 0.05) is 31.9 Å². The smallest absolute Gasteiger partial charge is 0.259 e. The molecule has 1 N–H and O–H groups in total. The molecule has 1 aliphatic heterocycles. The second-order valence-electron chi connectivity index (χ2n) is 6.51. The van der Waals surface area contributed by atoms with Crippen molar-refractivity contribution in [2.75, 3.05) is 38.2 Å². The average molecular weight is 368 g/mol. The maximum atomic E-state index is 13.8. The molecule has 1 fully saturated rings. The van der Waals surface area contributed by atoms with E-state index in [2.05, 4.69) is 15.2 Å². The van der Waals surface area contributed by atoms with Gasteiger partial charge in [-0.25, -0.2) is 9.37 Å². The number of nitrogens with one attached hydrogen (secondary N) is 1. The van der Waals surface area contributed by atoms with Crippen molar-refractivity contribution in [3.8, 4) is 0 Å². The van der Waals surface area contributed by atoms with Crippen LogP contribution in [0.2, 0.25) is 0 Å². The van der Waals surface area contributed by atoms with Crippen LogP contribution in [0.25, 0.3) is 5.65 Å². The van der Waals surface area contributed by atoms with Crippen LogP contribution >= 0.6 is 0 Å². The summed E-state index contributed by atoms with van der Waals surface area (Å²) in [5, 5.41) is 3.26. The lowest BCUT2D eigenvalue weighted by molar-refractivity contribution is 0.0186. The molecule has 1 aromatic carbocycles. The topological polar surface area (TPSA) is 58.9 Å². The third-order valence-electron chi connectivity index (χ3n) is 4.77. The third kappa shape index (κ3) is 3.99. The van der Waals surface area contributed by atoms with E-state index in [1.807, 2.05) is 12.1 Å². The minimum atomic E-state index is -0.257. The Labute approximate surface area is 156 Å². The Morgan fingerprint density at radius 3 is 2.81 bits per heavy atom. The van der Waals surface area contributed by atoms with Gasteiger partial charge in [0.15, 0.2) is 0 Å². The molecule has 0 radical (unpaired) electrons. The summed E-state index contributed by atoms with van der Waals surface area (Å²) in [4.78, 5) is 19.0. The lowest BCUT2D eigenvalue weighted by Gasteiger charge is -2.35. The lowest BCUT2D eigenvalue weighted by Crippen LogP contribution is -2.41. The second kappa shape index (κ2) is 7.85. The highest BCUT2D eigenvalue weighted by Crippen LogP contribution is 2.23. The van der Waals surface area contributed by atoms with Crippen molar-refractivity contribution in [1.29, 1.82) is 0 Å². The molecule has 6 nitrogen and oxygen atoms in total. The zero-order chi connectivity index (χ0) is 18.6. The van der Waals surface area contributed by atoms with Crippen LogP contribution in [0, 0.1) is 5.82 Å². The second-order valence-corrected chi connectivity index (χ2v) is 6.51. The van der Waals surface area contributed by atoms with Crippen LogP contribution in [0.4, 0.5) is 10.2 Å². The van der Waals surface area contributed by atoms with Gasteiger partial charge in [0.25, 0.3) is 5.56 Å². The normalized spacial score (nSPS) is 16.3. The number of ether oxygens (including phenoxy) is 1. The minimum Gasteiger partial charge on any atom is -0.379 e. The van der Waals surface area contributed by atoms with Crippen molar-refractivity contribution >= 4 is 11.5 Å². The molecule has 1 aliphatic rings. The van der Waals surface area contributed by atoms with Gasteiger partial charge in [-0.1, -0.05) is 18.2 Å². The maximum Gasteiger partial charge on any atom is 0.259 e. The molecular formula is C20H21FN4O2. The third-order valence-corrected chi connectivity index (χ3v) is 4.77. The van der Waals surface area contributed by atoms with Gasteiger partial charge in [-0.3, -0.25) is 14.1 Å². The molecular weight excluding hydrogens is 347 g/mol. The number of aromatic nitrogens is 2. The number of hydrogen-bond donors (Lipinski definition) is 1. The average Bonchev–Trinajstić information content (AvgIpc) is 2.69. The van der Waals surface area contributed by atoms with E-state index in [1.165, 1.54) is 16.5 Å². The molecule has 140 valence electrons. The standard InChI is InChI=1S/C20H21FN4O2/c21-16-5-3-4-15(12-16)17(24-8-10-27-11-9-24)14-22-18-13-20(26)25-7-2-1-6-19(25)23-18/h1-7,12-13,17,22H,8-11,14H2. The number of rotatable bonds is 5. The molecule has 1 atom stereocenters. The molecule has 0 saturated carbocycles. The zero-order valence-electron chi connectivity index (χ0n) is 14.8. The lowest BCUT2D eigenvalue weighted by atomic mass is 10.0. The Balaban J connectivity index is 1.59. The van der Waals surface area contributed by atoms with Crippen LogP contribution in [-0.2, 0) is 4.74 Å². The highest BCUT2D eigenvalue weighted by Gasteiger charge is 2.23. The van der Waals surface area contributed by atoms with Crippen molar-refractivity contribution in [1.82, 2.24) is 14.3 Å². The molecule has 7 heteroatoms. The number of halogens is 1. The van der Waals surface area contributed by atoms with E-state index in [4.69, 9.17) is 4.74 Å². The summed E-state index contributed by atoms with van der Waals surface area (Å²) >= 11 is 0. The van der Waals surface area contributed by atoms with Gasteiger partial charge in [-0.2, -0.15) is 0 Å². The van der Waals surface area contributed by atoms with E-state index in [0.717, 1.165) is 18.7 Å². The predicted octanol–water partition coefficient (Wildman–Crippen LogP) is 2.32. The summed E-state index contributed by atoms with van der Waals surface area (Å²) in [7, 11) is 0. The van der Waals surface area contributed by atoms with E-state index in [0.29, 0.717) is 31.2 Å². The molecule has 0 aliphatic carbocycles. The molecule has 0 bridgehead atoms. The Hall–Kier alpha value is -2.77. The number of fused-ring (bicyclic) bond motifs is 1. The van der Waals surface area contributed by atoms with Gasteiger partial charge < -0.3 is 10.1 Å². The van der Waals surface area contributed by atoms with E-state index in [-0.39, 0.29) is 17.4 Å². The van der Waals surface area contributed by atoms with Crippen LogP contribution in [0.5, 0.6) is 0 Å². The molecule has 0 amide bonds. The first-order valence-electron chi connectivity index (χ1n) is 9.00. The van der Waals surface area contributed by atoms with Crippen molar-refractivity contribution in [2.24, 2.45) is 0 Å². The molecule has 1 saturated heterocycles. The number of benzene rings is 1. The summed E-state index contributed by atoms with van der Waals surface area (Å²) in [6, 6.07) is 13.5. The van der Waals surface area contributed by atoms with Gasteiger partial charge in [-0.15, -0.1) is 0 Å². The number of nitrogens with zero attached hydrogens (tertiary/aromatic N) is 3. The van der Waals surface area contributed by atoms with Crippen molar-refractivity contribution in [2.45, 2.75) is 6.04 Å². The summed E-state index contributed by atoms with van der Waals surface area (Å²) in [5.74, 6) is 0.258. The first kappa shape index (κ1) is 17.6. The molecule has 1 unspecified atom stereocenters. The van der Waals surface area contributed by atoms with Crippen molar-refractivity contribution in [3.63, 3.8) is 0 Å². The minimum absolute atomic E-state index is 0.0411. The number of morpholine rings is 1. The SMILES string of the molecule is O=c1cc(NCC(c2cccc(F)c2)N2CCOCC2)nc2ccccn12. The fraction of sp³-hybridized carbons (Fsp3) is 0.300. The van der Waals surface area contributed by atoms with E-state index >= 15 is 0 Å². The van der Waals surface area contributed by atoms with Crippen LogP contribution in [-0.4, -0.2) is 47.1 Å². The van der Waals surface area contributed by atoms with E-state index in [9.17, 15) is 9.18 Å². The number of pyridine rings is 1. The number of hydrogen-bond acceptors (Lipinski definition) is 5. The Morgan fingerprint density at radius 1 is 1.15 bits per heavy atom. The first-order chi connectivity index (χ1) is 13.2. The maximum absolute atomic E-state index is 13.8. The van der Waals surface area contributed by atoms with Crippen molar-refractivity contribution in [3.05, 3.63) is 76.5 Å². The quantitative estimate of drug-likeness (QED) is 0.749. The summed E-state index contributed by atoms with van der Waals surface area (Å²) in [6.45, 7) is 3.37. The summed E-state index contributed by atoms with van der Waals surface area (Å²) in [6.07, 6.45) is 1.69. The largest absolute Gasteiger partial charge is 0.379 e. The van der Waals surface area contributed by atoms with Gasteiger partial charge in [0.1, 0.15) is 17.3 Å². The van der Waals surface area contributed by atoms with Crippen LogP contribution < -0.4 is 10.9 Å². The highest BCUT2D eigenvalue weighted by atomic mass is 19.1. The van der Waals surface area contributed by atoms with Crippen LogP contribution in [0.3, 0.4) is 0 Å². The van der Waals surface area contributed by atoms with E-state index < -0.39 is 0 Å². The van der Waals surface area contributed by atoms with Crippen molar-refractivity contribution < 1.29 is 9.13 Å². The van der Waals surface area contributed by atoms with Gasteiger partial charge in [-0.05, 0) is 29.8 Å². The number of anilines is 1. The van der Waals surface area contributed by atoms with Crippen LogP contribution in [0.15, 0.2) is 59.5 Å². The Bertz CT molecular complexity index is 985. The fourth-order valence-corrected chi connectivity index (χ4v) is 3.41. The Morgan fingerprint density at radius 2 is 2.00 bits per heavy atom. The molecule has 4 rings (SSSR count). The molecule has 27 heavy (non-hydrogen) atoms. The fourth-order valence-electron chi connectivity index (χ4n) is 3.41. The first-order valence-corrected chi connectivity index (χ1v) is 9.00. The van der Waals surface area contributed by atoms with Gasteiger partial charge in [0.2, 0.25) is 0 Å². The molecule has 3 heterocycles. The summed E-state index contributed by atoms with van der Waals surface area (Å²) in [5.41, 5.74) is 1.33. The van der Waals surface area contributed by atoms with E-state index in [1.54, 1.807) is 30.5 Å². The molecule has 3 aromatic rings.